The van der Waals surface area contributed by atoms with Crippen molar-refractivity contribution in [1.29, 1.82) is 5.26 Å². The number of nitrogens with zero attached hydrogens (tertiary/aromatic N) is 3. The number of aromatic hydroxyl groups is 2. The smallest absolute Gasteiger partial charge is 0.193 e. The third-order valence-electron chi connectivity index (χ3n) is 3.42. The lowest BCUT2D eigenvalue weighted by atomic mass is 10.2. The zero-order chi connectivity index (χ0) is 15.9. The predicted molar refractivity (Wildman–Crippen MR) is 82.0 cm³/mol. The molecule has 1 aromatic heterocycles. The van der Waals surface area contributed by atoms with Crippen molar-refractivity contribution in [2.45, 2.75) is 13.0 Å². The molecule has 2 rings (SSSR count). The van der Waals surface area contributed by atoms with Crippen molar-refractivity contribution in [3.05, 3.63) is 42.0 Å². The van der Waals surface area contributed by atoms with Gasteiger partial charge < -0.3 is 15.1 Å². The van der Waals surface area contributed by atoms with Gasteiger partial charge in [0.1, 0.15) is 6.29 Å². The Hall–Kier alpha value is -2.94. The number of nitriles is 1. The Labute approximate surface area is 128 Å². The summed E-state index contributed by atoms with van der Waals surface area (Å²) in [7, 11) is 0. The highest BCUT2D eigenvalue weighted by molar-refractivity contribution is 5.75. The minimum absolute atomic E-state index is 0.00552. The van der Waals surface area contributed by atoms with Gasteiger partial charge in [0.25, 0.3) is 0 Å². The first-order valence-corrected chi connectivity index (χ1v) is 6.90. The minimum Gasteiger partial charge on any atom is -0.494 e. The van der Waals surface area contributed by atoms with Crippen LogP contribution in [-0.4, -0.2) is 34.2 Å². The molecule has 0 saturated heterocycles. The molecule has 2 aromatic rings. The average Bonchev–Trinajstić information content (AvgIpc) is 2.86. The molecule has 0 fully saturated rings. The molecule has 1 aromatic carbocycles. The third-order valence-corrected chi connectivity index (χ3v) is 3.42. The minimum atomic E-state index is -0.00552. The van der Waals surface area contributed by atoms with Crippen molar-refractivity contribution in [3.8, 4) is 17.8 Å². The van der Waals surface area contributed by atoms with E-state index in [1.807, 2.05) is 17.0 Å². The highest BCUT2D eigenvalue weighted by Crippen LogP contribution is 2.22. The molecule has 6 nitrogen and oxygen atoms in total. The van der Waals surface area contributed by atoms with E-state index in [9.17, 15) is 15.0 Å². The largest absolute Gasteiger partial charge is 0.494 e. The molecular weight excluding hydrogens is 282 g/mol. The first kappa shape index (κ1) is 15.4. The lowest BCUT2D eigenvalue weighted by molar-refractivity contribution is 0.112. The van der Waals surface area contributed by atoms with E-state index in [1.54, 1.807) is 12.1 Å². The van der Waals surface area contributed by atoms with Crippen molar-refractivity contribution in [3.63, 3.8) is 0 Å². The second kappa shape index (κ2) is 7.18. The zero-order valence-corrected chi connectivity index (χ0v) is 12.0. The summed E-state index contributed by atoms with van der Waals surface area (Å²) in [5, 5.41) is 28.1. The predicted octanol–water partition coefficient (Wildman–Crippen LogP) is 2.13. The van der Waals surface area contributed by atoms with Crippen molar-refractivity contribution >= 4 is 12.0 Å². The maximum absolute atomic E-state index is 10.7. The second-order valence-electron chi connectivity index (χ2n) is 4.81. The van der Waals surface area contributed by atoms with Gasteiger partial charge in [0.05, 0.1) is 12.5 Å². The van der Waals surface area contributed by atoms with Gasteiger partial charge in [-0.2, -0.15) is 5.26 Å². The van der Waals surface area contributed by atoms with Gasteiger partial charge in [-0.25, -0.2) is 0 Å². The summed E-state index contributed by atoms with van der Waals surface area (Å²) in [5.41, 5.74) is 1.47. The summed E-state index contributed by atoms with van der Waals surface area (Å²) in [6.07, 6.45) is 1.14. The number of benzene rings is 1. The van der Waals surface area contributed by atoms with E-state index in [1.165, 1.54) is 16.7 Å². The van der Waals surface area contributed by atoms with Crippen LogP contribution in [0.1, 0.15) is 16.8 Å². The van der Waals surface area contributed by atoms with E-state index in [0.717, 1.165) is 12.0 Å². The molecule has 0 aliphatic heterocycles. The molecule has 6 heteroatoms. The molecule has 2 N–H and O–H groups in total. The summed E-state index contributed by atoms with van der Waals surface area (Å²) >= 11 is 0. The van der Waals surface area contributed by atoms with Crippen molar-refractivity contribution in [2.24, 2.45) is 0 Å². The molecule has 0 aliphatic carbocycles. The molecule has 0 bridgehead atoms. The zero-order valence-electron chi connectivity index (χ0n) is 12.0. The number of hydrogen-bond acceptors (Lipinski definition) is 5. The molecule has 0 radical (unpaired) electrons. The molecule has 0 amide bonds. The Bertz CT molecular complexity index is 651. The molecule has 1 heterocycles. The first-order valence-electron chi connectivity index (χ1n) is 6.90. The number of carbonyl (C=O) groups excluding carboxylic acids is 1. The summed E-state index contributed by atoms with van der Waals surface area (Å²) in [6.45, 7) is 1.42. The number of aldehydes is 1. The fourth-order valence-electron chi connectivity index (χ4n) is 2.21. The fourth-order valence-corrected chi connectivity index (χ4v) is 2.21. The molecule has 22 heavy (non-hydrogen) atoms. The quantitative estimate of drug-likeness (QED) is 0.764. The third kappa shape index (κ3) is 3.58. The van der Waals surface area contributed by atoms with Crippen molar-refractivity contribution < 1.29 is 15.0 Å². The number of aromatic nitrogens is 1. The number of rotatable bonds is 7. The highest BCUT2D eigenvalue weighted by atomic mass is 16.3. The van der Waals surface area contributed by atoms with Gasteiger partial charge in [-0.1, -0.05) is 0 Å². The Kier molecular flexibility index (Phi) is 5.04. The molecule has 0 spiro atoms. The van der Waals surface area contributed by atoms with E-state index in [2.05, 4.69) is 6.07 Å². The van der Waals surface area contributed by atoms with Crippen LogP contribution in [0.3, 0.4) is 0 Å². The van der Waals surface area contributed by atoms with Crippen LogP contribution in [0.2, 0.25) is 0 Å². The van der Waals surface area contributed by atoms with Crippen LogP contribution in [0.4, 0.5) is 5.69 Å². The molecular formula is C16H17N3O3. The maximum atomic E-state index is 10.7. The van der Waals surface area contributed by atoms with Gasteiger partial charge in [0, 0.05) is 43.0 Å². The van der Waals surface area contributed by atoms with E-state index >= 15 is 0 Å². The van der Waals surface area contributed by atoms with Gasteiger partial charge >= 0.3 is 0 Å². The lowest BCUT2D eigenvalue weighted by Crippen LogP contribution is -2.28. The van der Waals surface area contributed by atoms with E-state index in [4.69, 9.17) is 5.26 Å². The van der Waals surface area contributed by atoms with Crippen LogP contribution in [-0.2, 0) is 6.54 Å². The molecule has 0 atom stereocenters. The first-order chi connectivity index (χ1) is 10.7. The lowest BCUT2D eigenvalue weighted by Gasteiger charge is -2.24. The molecule has 0 saturated carbocycles. The number of hydrogen-bond donors (Lipinski definition) is 2. The summed E-state index contributed by atoms with van der Waals surface area (Å²) in [6, 6.07) is 12.0. The normalized spacial score (nSPS) is 10.1. The van der Waals surface area contributed by atoms with Crippen LogP contribution in [0.15, 0.2) is 36.4 Å². The summed E-state index contributed by atoms with van der Waals surface area (Å²) in [4.78, 5) is 12.7. The monoisotopic (exact) mass is 299 g/mol. The standard InChI is InChI=1S/C16H17N3O3/c17-8-1-9-18(14-4-2-13(12-20)3-5-14)10-11-19-15(21)6-7-16(19)22/h2-7,12,21-22H,1,9-11H2. The van der Waals surface area contributed by atoms with Crippen LogP contribution >= 0.6 is 0 Å². The van der Waals surface area contributed by atoms with E-state index in [0.29, 0.717) is 31.6 Å². The van der Waals surface area contributed by atoms with Gasteiger partial charge in [-0.05, 0) is 24.3 Å². The second-order valence-corrected chi connectivity index (χ2v) is 4.81. The van der Waals surface area contributed by atoms with Gasteiger partial charge in [0.15, 0.2) is 11.8 Å². The van der Waals surface area contributed by atoms with Crippen molar-refractivity contribution in [2.75, 3.05) is 18.0 Å². The van der Waals surface area contributed by atoms with Crippen LogP contribution in [0.25, 0.3) is 0 Å². The number of anilines is 1. The SMILES string of the molecule is N#CCCN(CCn1c(O)ccc1O)c1ccc(C=O)cc1. The molecule has 0 unspecified atom stereocenters. The van der Waals surface area contributed by atoms with Crippen molar-refractivity contribution in [1.82, 2.24) is 4.57 Å². The Morgan fingerprint density at radius 3 is 2.27 bits per heavy atom. The van der Waals surface area contributed by atoms with E-state index in [-0.39, 0.29) is 11.8 Å². The van der Waals surface area contributed by atoms with Gasteiger partial charge in [-0.15, -0.1) is 0 Å². The molecule has 114 valence electrons. The molecule has 0 aliphatic rings. The Morgan fingerprint density at radius 1 is 1.09 bits per heavy atom. The van der Waals surface area contributed by atoms with E-state index < -0.39 is 0 Å². The fraction of sp³-hybridized carbons (Fsp3) is 0.250. The summed E-state index contributed by atoms with van der Waals surface area (Å²) < 4.78 is 1.39. The Morgan fingerprint density at radius 2 is 1.73 bits per heavy atom. The van der Waals surface area contributed by atoms with Gasteiger partial charge in [-0.3, -0.25) is 9.36 Å². The topological polar surface area (TPSA) is 89.5 Å². The number of carbonyl (C=O) groups is 1. The Balaban J connectivity index is 2.11. The maximum Gasteiger partial charge on any atom is 0.193 e. The summed E-state index contributed by atoms with van der Waals surface area (Å²) in [5.74, 6) is -0.0110. The van der Waals surface area contributed by atoms with Crippen LogP contribution in [0.5, 0.6) is 11.8 Å². The van der Waals surface area contributed by atoms with Crippen LogP contribution < -0.4 is 4.90 Å². The highest BCUT2D eigenvalue weighted by Gasteiger charge is 2.10. The van der Waals surface area contributed by atoms with Gasteiger partial charge in [0.2, 0.25) is 0 Å². The average molecular weight is 299 g/mol. The van der Waals surface area contributed by atoms with Crippen LogP contribution in [0, 0.1) is 11.3 Å².